The van der Waals surface area contributed by atoms with E-state index in [0.717, 1.165) is 25.1 Å². The summed E-state index contributed by atoms with van der Waals surface area (Å²) in [7, 11) is 0. The molecule has 2 aliphatic rings. The Bertz CT molecular complexity index is 1040. The maximum atomic E-state index is 12.3. The molecule has 188 valence electrons. The number of primary amides is 1. The molecule has 2 amide bonds. The summed E-state index contributed by atoms with van der Waals surface area (Å²) >= 11 is 0. The van der Waals surface area contributed by atoms with Crippen LogP contribution in [0, 0.1) is 0 Å². The number of benzene rings is 1. The van der Waals surface area contributed by atoms with Crippen LogP contribution >= 0.6 is 0 Å². The highest BCUT2D eigenvalue weighted by Gasteiger charge is 2.27. The third-order valence-electron chi connectivity index (χ3n) is 6.07. The van der Waals surface area contributed by atoms with Gasteiger partial charge in [-0.2, -0.15) is 0 Å². The van der Waals surface area contributed by atoms with E-state index in [1.807, 2.05) is 32.9 Å². The van der Waals surface area contributed by atoms with Gasteiger partial charge in [0.15, 0.2) is 11.5 Å². The van der Waals surface area contributed by atoms with E-state index >= 15 is 0 Å². The van der Waals surface area contributed by atoms with Gasteiger partial charge in [0, 0.05) is 31.9 Å². The second-order valence-corrected chi connectivity index (χ2v) is 9.91. The Kier molecular flexibility index (Phi) is 7.51. The minimum atomic E-state index is -0.650. The predicted octanol–water partition coefficient (Wildman–Crippen LogP) is 3.09. The first-order valence-electron chi connectivity index (χ1n) is 12.0. The molecule has 4 rings (SSSR count). The lowest BCUT2D eigenvalue weighted by molar-refractivity contribution is 0.0204. The van der Waals surface area contributed by atoms with Crippen molar-refractivity contribution in [2.24, 2.45) is 5.73 Å². The number of hydrogen-bond donors (Lipinski definition) is 3. The number of carbonyl (C=O) groups excluding carboxylic acids is 2. The molecule has 1 aromatic heterocycles. The van der Waals surface area contributed by atoms with Crippen molar-refractivity contribution in [3.63, 3.8) is 0 Å². The number of morpholine rings is 1. The van der Waals surface area contributed by atoms with Gasteiger partial charge in [-0.1, -0.05) is 12.1 Å². The van der Waals surface area contributed by atoms with Crippen LogP contribution in [0.1, 0.15) is 67.4 Å². The van der Waals surface area contributed by atoms with Gasteiger partial charge in [-0.3, -0.25) is 4.79 Å². The average Bonchev–Trinajstić information content (AvgIpc) is 2.84. The first-order valence-corrected chi connectivity index (χ1v) is 12.0. The number of piperidine rings is 1. The molecule has 10 heteroatoms. The summed E-state index contributed by atoms with van der Waals surface area (Å²) in [6, 6.07) is 8.03. The van der Waals surface area contributed by atoms with E-state index in [4.69, 9.17) is 15.2 Å². The van der Waals surface area contributed by atoms with Gasteiger partial charge in [-0.25, -0.2) is 14.8 Å². The molecule has 1 aromatic carbocycles. The number of hydrogen-bond acceptors (Lipinski definition) is 8. The van der Waals surface area contributed by atoms with Crippen LogP contribution in [0.3, 0.4) is 0 Å². The maximum Gasteiger partial charge on any atom is 0.410 e. The maximum absolute atomic E-state index is 12.3. The number of likely N-dealkylation sites (tertiary alicyclic amines) is 1. The second kappa shape index (κ2) is 10.6. The summed E-state index contributed by atoms with van der Waals surface area (Å²) in [5.74, 6) is 0.0215. The Hall–Kier alpha value is -3.24. The van der Waals surface area contributed by atoms with Gasteiger partial charge in [0.1, 0.15) is 11.7 Å². The molecular weight excluding hydrogens is 448 g/mol. The molecule has 2 saturated heterocycles. The molecule has 35 heavy (non-hydrogen) atoms. The molecular formula is C25H34N6O4. The zero-order valence-electron chi connectivity index (χ0n) is 20.5. The van der Waals surface area contributed by atoms with Crippen LogP contribution < -0.4 is 16.4 Å². The van der Waals surface area contributed by atoms with Crippen molar-refractivity contribution in [3.8, 4) is 0 Å². The molecule has 0 bridgehead atoms. The molecule has 2 fully saturated rings. The molecule has 3 heterocycles. The van der Waals surface area contributed by atoms with Crippen LogP contribution in [0.2, 0.25) is 0 Å². The normalized spacial score (nSPS) is 19.3. The van der Waals surface area contributed by atoms with Crippen LogP contribution in [0.25, 0.3) is 0 Å². The number of ether oxygens (including phenoxy) is 2. The Morgan fingerprint density at radius 1 is 1.20 bits per heavy atom. The third kappa shape index (κ3) is 6.46. The van der Waals surface area contributed by atoms with Crippen molar-refractivity contribution >= 4 is 23.5 Å². The number of nitrogens with one attached hydrogen (secondary N) is 2. The van der Waals surface area contributed by atoms with Crippen molar-refractivity contribution in [2.45, 2.75) is 51.2 Å². The highest BCUT2D eigenvalue weighted by molar-refractivity contribution is 5.96. The third-order valence-corrected chi connectivity index (χ3v) is 6.07. The number of amides is 2. The average molecular weight is 483 g/mol. The Labute approximate surface area is 205 Å². The zero-order valence-corrected chi connectivity index (χ0v) is 20.5. The van der Waals surface area contributed by atoms with Gasteiger partial charge >= 0.3 is 6.09 Å². The van der Waals surface area contributed by atoms with Crippen LogP contribution in [-0.4, -0.2) is 65.3 Å². The fraction of sp³-hybridized carbons (Fsp3) is 0.520. The summed E-state index contributed by atoms with van der Waals surface area (Å²) in [5, 5.41) is 6.45. The van der Waals surface area contributed by atoms with Crippen molar-refractivity contribution in [3.05, 3.63) is 47.4 Å². The Morgan fingerprint density at radius 2 is 1.91 bits per heavy atom. The minimum Gasteiger partial charge on any atom is -0.444 e. The van der Waals surface area contributed by atoms with Gasteiger partial charge in [0.2, 0.25) is 0 Å². The highest BCUT2D eigenvalue weighted by atomic mass is 16.6. The van der Waals surface area contributed by atoms with E-state index in [0.29, 0.717) is 43.7 Å². The molecule has 2 aromatic rings. The SMILES string of the molecule is CC(C)(C)OC(=O)N1CCC(c2ccc(Nc3nc(C4CNCCO4)cnc3C(N)=O)cc2)CC1. The van der Waals surface area contributed by atoms with Crippen LogP contribution in [-0.2, 0) is 9.47 Å². The largest absolute Gasteiger partial charge is 0.444 e. The van der Waals surface area contributed by atoms with Crippen LogP contribution in [0.5, 0.6) is 0 Å². The molecule has 4 N–H and O–H groups in total. The highest BCUT2D eigenvalue weighted by Crippen LogP contribution is 2.30. The quantitative estimate of drug-likeness (QED) is 0.592. The standard InChI is InChI=1S/C25H34N6O4/c1-25(2,3)35-24(33)31-11-8-17(9-12-31)16-4-6-18(7-5-16)29-23-21(22(26)32)28-14-19(30-23)20-15-27-10-13-34-20/h4-7,14,17,20,27H,8-13,15H2,1-3H3,(H2,26,32)(H,29,30). The summed E-state index contributed by atoms with van der Waals surface area (Å²) in [5.41, 5.74) is 7.73. The monoisotopic (exact) mass is 482 g/mol. The van der Waals surface area contributed by atoms with E-state index < -0.39 is 11.5 Å². The second-order valence-electron chi connectivity index (χ2n) is 9.91. The zero-order chi connectivity index (χ0) is 25.0. The number of nitrogens with zero attached hydrogens (tertiary/aromatic N) is 3. The lowest BCUT2D eigenvalue weighted by Gasteiger charge is -2.33. The smallest absolute Gasteiger partial charge is 0.410 e. The van der Waals surface area contributed by atoms with Gasteiger partial charge in [0.25, 0.3) is 5.91 Å². The Balaban J connectivity index is 1.40. The van der Waals surface area contributed by atoms with Crippen molar-refractivity contribution < 1.29 is 19.1 Å². The number of anilines is 2. The van der Waals surface area contributed by atoms with E-state index in [1.165, 1.54) is 11.8 Å². The molecule has 2 aliphatic heterocycles. The first kappa shape index (κ1) is 24.9. The summed E-state index contributed by atoms with van der Waals surface area (Å²) in [4.78, 5) is 34.8. The minimum absolute atomic E-state index is 0.0797. The van der Waals surface area contributed by atoms with E-state index in [1.54, 1.807) is 4.90 Å². The number of nitrogens with two attached hydrogens (primary N) is 1. The lowest BCUT2D eigenvalue weighted by atomic mass is 9.89. The summed E-state index contributed by atoms with van der Waals surface area (Å²) in [6.45, 7) is 8.98. The van der Waals surface area contributed by atoms with Gasteiger partial charge < -0.3 is 30.7 Å². The number of aromatic nitrogens is 2. The van der Waals surface area contributed by atoms with Crippen LogP contribution in [0.15, 0.2) is 30.5 Å². The first-order chi connectivity index (χ1) is 16.7. The molecule has 1 unspecified atom stereocenters. The molecule has 0 radical (unpaired) electrons. The molecule has 1 atom stereocenters. The molecule has 0 aliphatic carbocycles. The van der Waals surface area contributed by atoms with Gasteiger partial charge in [-0.15, -0.1) is 0 Å². The van der Waals surface area contributed by atoms with E-state index in [-0.39, 0.29) is 17.9 Å². The summed E-state index contributed by atoms with van der Waals surface area (Å²) in [6.07, 6.45) is 2.81. The van der Waals surface area contributed by atoms with E-state index in [2.05, 4.69) is 32.7 Å². The fourth-order valence-corrected chi connectivity index (χ4v) is 4.28. The number of rotatable bonds is 5. The molecule has 0 saturated carbocycles. The predicted molar refractivity (Wildman–Crippen MR) is 132 cm³/mol. The van der Waals surface area contributed by atoms with Gasteiger partial charge in [0.05, 0.1) is 18.5 Å². The molecule has 0 spiro atoms. The topological polar surface area (TPSA) is 132 Å². The summed E-state index contributed by atoms with van der Waals surface area (Å²) < 4.78 is 11.2. The van der Waals surface area contributed by atoms with E-state index in [9.17, 15) is 9.59 Å². The van der Waals surface area contributed by atoms with Gasteiger partial charge in [-0.05, 0) is 57.2 Å². The van der Waals surface area contributed by atoms with Crippen molar-refractivity contribution in [1.29, 1.82) is 0 Å². The van der Waals surface area contributed by atoms with Crippen LogP contribution in [0.4, 0.5) is 16.3 Å². The Morgan fingerprint density at radius 3 is 2.51 bits per heavy atom. The van der Waals surface area contributed by atoms with Crippen molar-refractivity contribution in [2.75, 3.05) is 38.1 Å². The number of carbonyl (C=O) groups is 2. The fourth-order valence-electron chi connectivity index (χ4n) is 4.28. The lowest BCUT2D eigenvalue weighted by Crippen LogP contribution is -2.41. The van der Waals surface area contributed by atoms with Crippen molar-refractivity contribution in [1.82, 2.24) is 20.2 Å². The molecule has 10 nitrogen and oxygen atoms in total.